The Balaban J connectivity index is 1.69. The fourth-order valence-corrected chi connectivity index (χ4v) is 2.81. The number of hydrogen-bond donors (Lipinski definition) is 1. The molecule has 0 unspecified atom stereocenters. The average Bonchev–Trinajstić information content (AvgIpc) is 3.07. The van der Waals surface area contributed by atoms with Gasteiger partial charge >= 0.3 is 0 Å². The molecule has 9 nitrogen and oxygen atoms in total. The van der Waals surface area contributed by atoms with Crippen LogP contribution < -0.4 is 5.32 Å². The second-order valence-electron chi connectivity index (χ2n) is 6.10. The van der Waals surface area contributed by atoms with Crippen molar-refractivity contribution >= 4 is 17.3 Å². The molecule has 0 atom stereocenters. The van der Waals surface area contributed by atoms with Crippen molar-refractivity contribution in [3.05, 3.63) is 51.8 Å². The first-order valence-corrected chi connectivity index (χ1v) is 8.43. The minimum absolute atomic E-state index is 0.110. The number of amides is 1. The van der Waals surface area contributed by atoms with Gasteiger partial charge in [-0.15, -0.1) is 0 Å². The number of aryl methyl sites for hydroxylation is 1. The molecule has 0 saturated carbocycles. The largest absolute Gasteiger partial charge is 0.378 e. The second kappa shape index (κ2) is 7.96. The molecule has 1 aliphatic rings. The highest BCUT2D eigenvalue weighted by Crippen LogP contribution is 2.26. The van der Waals surface area contributed by atoms with Gasteiger partial charge in [-0.1, -0.05) is 0 Å². The molecule has 3 rings (SSSR count). The molecule has 1 aromatic carbocycles. The quantitative estimate of drug-likeness (QED) is 0.622. The SMILES string of the molecule is Cc1cnn(CCNc2ccc(C(=O)N3CCOCC3)cc2[N+](=O)[O-])c1. The van der Waals surface area contributed by atoms with E-state index in [4.69, 9.17) is 4.74 Å². The van der Waals surface area contributed by atoms with E-state index in [0.717, 1.165) is 5.56 Å². The lowest BCUT2D eigenvalue weighted by atomic mass is 10.1. The zero-order valence-electron chi connectivity index (χ0n) is 14.6. The zero-order chi connectivity index (χ0) is 18.5. The highest BCUT2D eigenvalue weighted by atomic mass is 16.6. The summed E-state index contributed by atoms with van der Waals surface area (Å²) in [7, 11) is 0. The molecule has 0 spiro atoms. The van der Waals surface area contributed by atoms with Crippen LogP contribution in [0.5, 0.6) is 0 Å². The van der Waals surface area contributed by atoms with Gasteiger partial charge in [0.1, 0.15) is 5.69 Å². The number of nitro benzene ring substituents is 1. The van der Waals surface area contributed by atoms with Crippen LogP contribution in [0.1, 0.15) is 15.9 Å². The maximum absolute atomic E-state index is 12.5. The van der Waals surface area contributed by atoms with Crippen LogP contribution in [0.15, 0.2) is 30.6 Å². The Bertz CT molecular complexity index is 798. The van der Waals surface area contributed by atoms with Crippen molar-refractivity contribution in [3.63, 3.8) is 0 Å². The average molecular weight is 359 g/mol. The molecule has 1 saturated heterocycles. The number of rotatable bonds is 6. The van der Waals surface area contributed by atoms with Crippen molar-refractivity contribution in [1.29, 1.82) is 0 Å². The Morgan fingerprint density at radius 2 is 2.15 bits per heavy atom. The van der Waals surface area contributed by atoms with Gasteiger partial charge in [0.25, 0.3) is 11.6 Å². The van der Waals surface area contributed by atoms with E-state index in [1.54, 1.807) is 27.9 Å². The molecule has 2 heterocycles. The highest BCUT2D eigenvalue weighted by molar-refractivity contribution is 5.95. The van der Waals surface area contributed by atoms with Crippen molar-refractivity contribution < 1.29 is 14.5 Å². The third kappa shape index (κ3) is 4.17. The van der Waals surface area contributed by atoms with E-state index in [1.165, 1.54) is 6.07 Å². The van der Waals surface area contributed by atoms with Crippen LogP contribution in [0.25, 0.3) is 0 Å². The van der Waals surface area contributed by atoms with Crippen molar-refractivity contribution in [2.24, 2.45) is 0 Å². The minimum atomic E-state index is -0.476. The summed E-state index contributed by atoms with van der Waals surface area (Å²) in [4.78, 5) is 25.1. The molecule has 1 aromatic heterocycles. The summed E-state index contributed by atoms with van der Waals surface area (Å²) >= 11 is 0. The van der Waals surface area contributed by atoms with Gasteiger partial charge in [0.15, 0.2) is 0 Å². The summed E-state index contributed by atoms with van der Waals surface area (Å²) in [5.74, 6) is -0.213. The zero-order valence-corrected chi connectivity index (χ0v) is 14.6. The van der Waals surface area contributed by atoms with Crippen LogP contribution in [0, 0.1) is 17.0 Å². The van der Waals surface area contributed by atoms with Gasteiger partial charge in [0.2, 0.25) is 0 Å². The molecule has 9 heteroatoms. The monoisotopic (exact) mass is 359 g/mol. The van der Waals surface area contributed by atoms with Gasteiger partial charge in [0.05, 0.1) is 30.9 Å². The van der Waals surface area contributed by atoms with E-state index in [2.05, 4.69) is 10.4 Å². The van der Waals surface area contributed by atoms with Crippen LogP contribution in [0.3, 0.4) is 0 Å². The summed E-state index contributed by atoms with van der Waals surface area (Å²) in [5.41, 5.74) is 1.65. The standard InChI is InChI=1S/C17H21N5O4/c1-13-11-19-21(12-13)5-4-18-15-3-2-14(10-16(15)22(24)25)17(23)20-6-8-26-9-7-20/h2-3,10-12,18H,4-9H2,1H3. The fraction of sp³-hybridized carbons (Fsp3) is 0.412. The number of anilines is 1. The van der Waals surface area contributed by atoms with Crippen molar-refractivity contribution in [2.45, 2.75) is 13.5 Å². The first-order chi connectivity index (χ1) is 12.5. The number of nitrogens with zero attached hydrogens (tertiary/aromatic N) is 4. The lowest BCUT2D eigenvalue weighted by Gasteiger charge is -2.26. The molecule has 26 heavy (non-hydrogen) atoms. The predicted molar refractivity (Wildman–Crippen MR) is 95.3 cm³/mol. The third-order valence-electron chi connectivity index (χ3n) is 4.16. The molecule has 1 amide bonds. The molecule has 1 aliphatic heterocycles. The van der Waals surface area contributed by atoms with E-state index in [9.17, 15) is 14.9 Å². The third-order valence-corrected chi connectivity index (χ3v) is 4.16. The molecule has 1 N–H and O–H groups in total. The number of carbonyl (C=O) groups excluding carboxylic acids is 1. The minimum Gasteiger partial charge on any atom is -0.378 e. The highest BCUT2D eigenvalue weighted by Gasteiger charge is 2.22. The van der Waals surface area contributed by atoms with Gasteiger partial charge in [-0.3, -0.25) is 19.6 Å². The van der Waals surface area contributed by atoms with E-state index in [1.807, 2.05) is 13.1 Å². The maximum Gasteiger partial charge on any atom is 0.293 e. The summed E-state index contributed by atoms with van der Waals surface area (Å²) in [6.07, 6.45) is 3.66. The van der Waals surface area contributed by atoms with Crippen molar-refractivity contribution in [3.8, 4) is 0 Å². The Labute approximate surface area is 150 Å². The second-order valence-corrected chi connectivity index (χ2v) is 6.10. The summed E-state index contributed by atoms with van der Waals surface area (Å²) in [6, 6.07) is 4.53. The molecule has 0 radical (unpaired) electrons. The van der Waals surface area contributed by atoms with Crippen LogP contribution >= 0.6 is 0 Å². The van der Waals surface area contributed by atoms with E-state index in [0.29, 0.717) is 50.6 Å². The van der Waals surface area contributed by atoms with Gasteiger partial charge in [-0.25, -0.2) is 0 Å². The topological polar surface area (TPSA) is 103 Å². The lowest BCUT2D eigenvalue weighted by molar-refractivity contribution is -0.384. The summed E-state index contributed by atoms with van der Waals surface area (Å²) in [6.45, 7) is 4.98. The van der Waals surface area contributed by atoms with Gasteiger partial charge in [-0.2, -0.15) is 5.10 Å². The van der Waals surface area contributed by atoms with Crippen molar-refractivity contribution in [1.82, 2.24) is 14.7 Å². The van der Waals surface area contributed by atoms with E-state index in [-0.39, 0.29) is 11.6 Å². The molecular weight excluding hydrogens is 338 g/mol. The molecule has 1 fully saturated rings. The summed E-state index contributed by atoms with van der Waals surface area (Å²) in [5, 5.41) is 18.6. The predicted octanol–water partition coefficient (Wildman–Crippen LogP) is 1.68. The van der Waals surface area contributed by atoms with Crippen LogP contribution in [0.4, 0.5) is 11.4 Å². The number of morpholine rings is 1. The van der Waals surface area contributed by atoms with Gasteiger partial charge in [-0.05, 0) is 24.6 Å². The Morgan fingerprint density at radius 1 is 1.38 bits per heavy atom. The van der Waals surface area contributed by atoms with Crippen molar-refractivity contribution in [2.75, 3.05) is 38.2 Å². The summed E-state index contributed by atoms with van der Waals surface area (Å²) < 4.78 is 7.00. The number of nitrogens with one attached hydrogen (secondary N) is 1. The molecule has 0 aliphatic carbocycles. The fourth-order valence-electron chi connectivity index (χ4n) is 2.81. The molecule has 0 bridgehead atoms. The van der Waals surface area contributed by atoms with Crippen LogP contribution in [-0.2, 0) is 11.3 Å². The number of benzene rings is 1. The molecule has 2 aromatic rings. The van der Waals surface area contributed by atoms with E-state index >= 15 is 0 Å². The maximum atomic E-state index is 12.5. The normalized spacial score (nSPS) is 14.3. The van der Waals surface area contributed by atoms with Gasteiger partial charge < -0.3 is 15.0 Å². The first-order valence-electron chi connectivity index (χ1n) is 8.43. The molecular formula is C17H21N5O4. The smallest absolute Gasteiger partial charge is 0.293 e. The number of nitro groups is 1. The lowest BCUT2D eigenvalue weighted by Crippen LogP contribution is -2.40. The molecule has 138 valence electrons. The Hall–Kier alpha value is -2.94. The van der Waals surface area contributed by atoms with Gasteiger partial charge in [0, 0.05) is 37.5 Å². The number of aromatic nitrogens is 2. The number of ether oxygens (including phenoxy) is 1. The number of carbonyl (C=O) groups is 1. The van der Waals surface area contributed by atoms with E-state index < -0.39 is 4.92 Å². The Morgan fingerprint density at radius 3 is 2.81 bits per heavy atom. The first kappa shape index (κ1) is 17.9. The van der Waals surface area contributed by atoms with Crippen LogP contribution in [-0.4, -0.2) is 58.4 Å². The Kier molecular flexibility index (Phi) is 5.47. The number of hydrogen-bond acceptors (Lipinski definition) is 6. The van der Waals surface area contributed by atoms with Crippen LogP contribution in [0.2, 0.25) is 0 Å².